The van der Waals surface area contributed by atoms with E-state index in [2.05, 4.69) is 27.7 Å². The van der Waals surface area contributed by atoms with E-state index in [0.29, 0.717) is 12.1 Å². The summed E-state index contributed by atoms with van der Waals surface area (Å²) in [6, 6.07) is 6.98. The molecular formula is C15H21N5O2. The van der Waals surface area contributed by atoms with Crippen LogP contribution in [0.3, 0.4) is 0 Å². The molecule has 7 heteroatoms. The van der Waals surface area contributed by atoms with Crippen LogP contribution in [0, 0.1) is 0 Å². The predicted molar refractivity (Wildman–Crippen MR) is 82.9 cm³/mol. The molecule has 22 heavy (non-hydrogen) atoms. The highest BCUT2D eigenvalue weighted by Crippen LogP contribution is 2.15. The van der Waals surface area contributed by atoms with E-state index >= 15 is 0 Å². The minimum atomic E-state index is -0.272. The minimum Gasteiger partial charge on any atom is -0.491 e. The Labute approximate surface area is 129 Å². The van der Waals surface area contributed by atoms with Gasteiger partial charge in [-0.05, 0) is 49.2 Å². The second kappa shape index (κ2) is 7.53. The SMILES string of the molecule is CCCn1nnc(NC(=O)c2ccc(O[C@@H](C)CC)cc2)n1. The van der Waals surface area contributed by atoms with Crippen LogP contribution in [0.4, 0.5) is 5.95 Å². The maximum absolute atomic E-state index is 12.1. The lowest BCUT2D eigenvalue weighted by Gasteiger charge is -2.12. The van der Waals surface area contributed by atoms with Gasteiger partial charge in [-0.3, -0.25) is 10.1 Å². The summed E-state index contributed by atoms with van der Waals surface area (Å²) >= 11 is 0. The molecule has 1 N–H and O–H groups in total. The lowest BCUT2D eigenvalue weighted by molar-refractivity contribution is 0.102. The topological polar surface area (TPSA) is 81.9 Å². The fraction of sp³-hybridized carbons (Fsp3) is 0.467. The third kappa shape index (κ3) is 4.28. The van der Waals surface area contributed by atoms with Gasteiger partial charge in [0.2, 0.25) is 0 Å². The number of anilines is 1. The standard InChI is InChI=1S/C15H21N5O2/c1-4-10-20-18-15(17-19-20)16-14(21)12-6-8-13(9-7-12)22-11(3)5-2/h6-9,11H,4-5,10H2,1-3H3,(H,16,18,21)/t11-/m0/s1. The summed E-state index contributed by atoms with van der Waals surface area (Å²) in [5, 5.41) is 14.3. The molecule has 2 aromatic rings. The van der Waals surface area contributed by atoms with Crippen molar-refractivity contribution in [3.05, 3.63) is 29.8 Å². The van der Waals surface area contributed by atoms with E-state index in [-0.39, 0.29) is 18.0 Å². The number of ether oxygens (including phenoxy) is 1. The highest BCUT2D eigenvalue weighted by atomic mass is 16.5. The van der Waals surface area contributed by atoms with Crippen LogP contribution in [0.5, 0.6) is 5.75 Å². The van der Waals surface area contributed by atoms with Crippen LogP contribution in [0.1, 0.15) is 44.0 Å². The molecule has 0 bridgehead atoms. The van der Waals surface area contributed by atoms with Gasteiger partial charge in [0.05, 0.1) is 12.6 Å². The summed E-state index contributed by atoms with van der Waals surface area (Å²) in [5.41, 5.74) is 0.517. The van der Waals surface area contributed by atoms with Crippen molar-refractivity contribution in [3.8, 4) is 5.75 Å². The van der Waals surface area contributed by atoms with Crippen LogP contribution in [0.2, 0.25) is 0 Å². The molecule has 1 aromatic heterocycles. The van der Waals surface area contributed by atoms with Gasteiger partial charge in [-0.15, -0.1) is 5.10 Å². The van der Waals surface area contributed by atoms with E-state index < -0.39 is 0 Å². The van der Waals surface area contributed by atoms with E-state index in [0.717, 1.165) is 18.6 Å². The number of rotatable bonds is 7. The smallest absolute Gasteiger partial charge is 0.270 e. The van der Waals surface area contributed by atoms with Gasteiger partial charge in [-0.25, -0.2) is 0 Å². The summed E-state index contributed by atoms with van der Waals surface area (Å²) in [5.74, 6) is 0.683. The average Bonchev–Trinajstić information content (AvgIpc) is 2.95. The highest BCUT2D eigenvalue weighted by Gasteiger charge is 2.10. The van der Waals surface area contributed by atoms with Gasteiger partial charge in [0.15, 0.2) is 0 Å². The van der Waals surface area contributed by atoms with Gasteiger partial charge in [-0.1, -0.05) is 18.9 Å². The zero-order valence-electron chi connectivity index (χ0n) is 13.1. The number of tetrazole rings is 1. The van der Waals surface area contributed by atoms with Crippen molar-refractivity contribution in [2.24, 2.45) is 0 Å². The number of hydrogen-bond acceptors (Lipinski definition) is 5. The first-order chi connectivity index (χ1) is 10.6. The number of hydrogen-bond donors (Lipinski definition) is 1. The first-order valence-corrected chi connectivity index (χ1v) is 7.48. The second-order valence-electron chi connectivity index (χ2n) is 5.02. The Balaban J connectivity index is 1.96. The molecule has 0 fully saturated rings. The fourth-order valence-electron chi connectivity index (χ4n) is 1.76. The van der Waals surface area contributed by atoms with Crippen molar-refractivity contribution in [2.45, 2.75) is 46.3 Å². The monoisotopic (exact) mass is 303 g/mol. The van der Waals surface area contributed by atoms with Crippen molar-refractivity contribution in [2.75, 3.05) is 5.32 Å². The molecule has 0 aliphatic carbocycles. The Hall–Kier alpha value is -2.44. The predicted octanol–water partition coefficient (Wildman–Crippen LogP) is 2.51. The van der Waals surface area contributed by atoms with Gasteiger partial charge in [-0.2, -0.15) is 4.80 Å². The number of carbonyl (C=O) groups excluding carboxylic acids is 1. The molecule has 0 aliphatic rings. The minimum absolute atomic E-state index is 0.150. The molecule has 1 heterocycles. The zero-order chi connectivity index (χ0) is 15.9. The Kier molecular flexibility index (Phi) is 5.46. The molecule has 118 valence electrons. The highest BCUT2D eigenvalue weighted by molar-refractivity contribution is 6.03. The van der Waals surface area contributed by atoms with Crippen LogP contribution in [-0.2, 0) is 6.54 Å². The van der Waals surface area contributed by atoms with Gasteiger partial charge < -0.3 is 4.74 Å². The average molecular weight is 303 g/mol. The lowest BCUT2D eigenvalue weighted by Crippen LogP contribution is -2.14. The lowest BCUT2D eigenvalue weighted by atomic mass is 10.2. The largest absolute Gasteiger partial charge is 0.491 e. The molecule has 0 unspecified atom stereocenters. The van der Waals surface area contributed by atoms with Crippen LogP contribution in [-0.4, -0.2) is 32.2 Å². The molecule has 0 radical (unpaired) electrons. The van der Waals surface area contributed by atoms with E-state index in [1.165, 1.54) is 4.80 Å². The molecule has 0 spiro atoms. The Morgan fingerprint density at radius 3 is 2.68 bits per heavy atom. The van der Waals surface area contributed by atoms with Crippen LogP contribution in [0.25, 0.3) is 0 Å². The van der Waals surface area contributed by atoms with Crippen molar-refractivity contribution in [3.63, 3.8) is 0 Å². The summed E-state index contributed by atoms with van der Waals surface area (Å²) < 4.78 is 5.68. The third-order valence-corrected chi connectivity index (χ3v) is 3.13. The third-order valence-electron chi connectivity index (χ3n) is 3.13. The first kappa shape index (κ1) is 15.9. The maximum atomic E-state index is 12.1. The van der Waals surface area contributed by atoms with E-state index in [1.54, 1.807) is 24.3 Å². The first-order valence-electron chi connectivity index (χ1n) is 7.48. The number of aryl methyl sites for hydroxylation is 1. The number of aromatic nitrogens is 4. The van der Waals surface area contributed by atoms with E-state index in [4.69, 9.17) is 4.74 Å². The Bertz CT molecular complexity index is 609. The normalized spacial score (nSPS) is 12.0. The quantitative estimate of drug-likeness (QED) is 0.850. The molecule has 0 aliphatic heterocycles. The molecule has 1 aromatic carbocycles. The fourth-order valence-corrected chi connectivity index (χ4v) is 1.76. The van der Waals surface area contributed by atoms with Gasteiger partial charge in [0.1, 0.15) is 5.75 Å². The van der Waals surface area contributed by atoms with Gasteiger partial charge >= 0.3 is 0 Å². The summed E-state index contributed by atoms with van der Waals surface area (Å²) in [6.45, 7) is 6.76. The zero-order valence-corrected chi connectivity index (χ0v) is 13.1. The molecule has 0 saturated carbocycles. The molecular weight excluding hydrogens is 282 g/mol. The van der Waals surface area contributed by atoms with Crippen LogP contribution < -0.4 is 10.1 Å². The number of carbonyl (C=O) groups is 1. The summed E-state index contributed by atoms with van der Waals surface area (Å²) in [6.07, 6.45) is 1.99. The Morgan fingerprint density at radius 2 is 2.05 bits per heavy atom. The molecule has 1 atom stereocenters. The van der Waals surface area contributed by atoms with Crippen molar-refractivity contribution in [1.82, 2.24) is 20.2 Å². The number of amides is 1. The molecule has 0 saturated heterocycles. The summed E-state index contributed by atoms with van der Waals surface area (Å²) in [7, 11) is 0. The van der Waals surface area contributed by atoms with Crippen molar-refractivity contribution < 1.29 is 9.53 Å². The van der Waals surface area contributed by atoms with E-state index in [1.807, 2.05) is 13.8 Å². The Morgan fingerprint density at radius 1 is 1.32 bits per heavy atom. The van der Waals surface area contributed by atoms with Gasteiger partial charge in [0.25, 0.3) is 11.9 Å². The molecule has 1 amide bonds. The maximum Gasteiger partial charge on any atom is 0.270 e. The number of benzene rings is 1. The van der Waals surface area contributed by atoms with E-state index in [9.17, 15) is 4.79 Å². The molecule has 7 nitrogen and oxygen atoms in total. The second-order valence-corrected chi connectivity index (χ2v) is 5.02. The molecule has 2 rings (SSSR count). The number of nitrogens with one attached hydrogen (secondary N) is 1. The van der Waals surface area contributed by atoms with Crippen molar-refractivity contribution >= 4 is 11.9 Å². The number of nitrogens with zero attached hydrogens (tertiary/aromatic N) is 4. The van der Waals surface area contributed by atoms with Crippen LogP contribution in [0.15, 0.2) is 24.3 Å². The van der Waals surface area contributed by atoms with Crippen LogP contribution >= 0.6 is 0 Å². The van der Waals surface area contributed by atoms with Crippen molar-refractivity contribution in [1.29, 1.82) is 0 Å². The summed E-state index contributed by atoms with van der Waals surface area (Å²) in [4.78, 5) is 13.6. The van der Waals surface area contributed by atoms with Gasteiger partial charge in [0, 0.05) is 5.56 Å².